The zero-order valence-corrected chi connectivity index (χ0v) is 10.9. The lowest BCUT2D eigenvalue weighted by Crippen LogP contribution is -1.80. The zero-order chi connectivity index (χ0) is 13.2. The van der Waals surface area contributed by atoms with Gasteiger partial charge in [0, 0.05) is 11.6 Å². The number of nitrogens with two attached hydrogens (primary N) is 1. The van der Waals surface area contributed by atoms with Crippen LogP contribution in [0.2, 0.25) is 0 Å². The van der Waals surface area contributed by atoms with E-state index >= 15 is 0 Å². The molecule has 1 heterocycles. The van der Waals surface area contributed by atoms with Crippen LogP contribution < -0.4 is 5.73 Å². The Bertz CT molecular complexity index is 530. The highest BCUT2D eigenvalue weighted by Crippen LogP contribution is 2.13. The fourth-order valence-electron chi connectivity index (χ4n) is 1.53. The number of nitrogens with zero attached hydrogens (tertiary/aromatic N) is 2. The molecule has 1 aromatic carbocycles. The van der Waals surface area contributed by atoms with E-state index in [0.29, 0.717) is 0 Å². The molecule has 0 atom stereocenters. The van der Waals surface area contributed by atoms with Gasteiger partial charge in [0.15, 0.2) is 0 Å². The van der Waals surface area contributed by atoms with Gasteiger partial charge < -0.3 is 5.73 Å². The number of aromatic nitrogens is 1. The summed E-state index contributed by atoms with van der Waals surface area (Å²) in [5.74, 6) is 0. The van der Waals surface area contributed by atoms with Crippen LogP contribution in [-0.4, -0.2) is 24.8 Å². The van der Waals surface area contributed by atoms with Gasteiger partial charge in [-0.05, 0) is 37.9 Å². The summed E-state index contributed by atoms with van der Waals surface area (Å²) in [6, 6.07) is 10.3. The molecule has 0 bridgehead atoms. The minimum absolute atomic E-state index is 0.726. The molecule has 0 saturated carbocycles. The van der Waals surface area contributed by atoms with Crippen molar-refractivity contribution in [2.24, 2.45) is 10.7 Å². The fraction of sp³-hybridized carbons (Fsp3) is 0.200. The second-order valence-corrected chi connectivity index (χ2v) is 3.49. The highest BCUT2D eigenvalue weighted by molar-refractivity contribution is 5.80. The Kier molecular flexibility index (Phi) is 6.36. The molecule has 0 aliphatic carbocycles. The molecule has 2 rings (SSSR count). The number of hydrogen-bond acceptors (Lipinski definition) is 3. The van der Waals surface area contributed by atoms with E-state index in [-0.39, 0.29) is 0 Å². The third-order valence-corrected chi connectivity index (χ3v) is 2.32. The number of fused-ring (bicyclic) bond motifs is 1. The van der Waals surface area contributed by atoms with Gasteiger partial charge in [-0.2, -0.15) is 0 Å². The van der Waals surface area contributed by atoms with Crippen molar-refractivity contribution in [1.29, 1.82) is 0 Å². The van der Waals surface area contributed by atoms with E-state index in [2.05, 4.69) is 27.8 Å². The molecule has 2 aromatic rings. The summed E-state index contributed by atoms with van der Waals surface area (Å²) < 4.78 is 0. The Morgan fingerprint density at radius 3 is 2.83 bits per heavy atom. The Hall–Kier alpha value is -2.00. The molecular weight excluding hydrogens is 222 g/mol. The lowest BCUT2D eigenvalue weighted by atomic mass is 10.1. The van der Waals surface area contributed by atoms with E-state index in [4.69, 9.17) is 0 Å². The molecule has 3 heteroatoms. The van der Waals surface area contributed by atoms with Crippen LogP contribution in [0.3, 0.4) is 0 Å². The summed E-state index contributed by atoms with van der Waals surface area (Å²) in [4.78, 5) is 8.51. The summed E-state index contributed by atoms with van der Waals surface area (Å²) in [5, 5.41) is 1.17. The normalized spacial score (nSPS) is 10.8. The quantitative estimate of drug-likeness (QED) is 0.840. The minimum Gasteiger partial charge on any atom is -0.333 e. The Balaban J connectivity index is 0.000000771. The predicted molar refractivity (Wildman–Crippen MR) is 79.9 cm³/mol. The molecule has 0 fully saturated rings. The Morgan fingerprint density at radius 1 is 1.28 bits per heavy atom. The molecule has 1 aromatic heterocycles. The minimum atomic E-state index is 0.726. The molecule has 0 radical (unpaired) electrons. The molecule has 0 spiro atoms. The van der Waals surface area contributed by atoms with Gasteiger partial charge in [0.2, 0.25) is 0 Å². The molecule has 94 valence electrons. The van der Waals surface area contributed by atoms with Crippen molar-refractivity contribution < 1.29 is 0 Å². The van der Waals surface area contributed by atoms with Gasteiger partial charge >= 0.3 is 0 Å². The molecule has 0 unspecified atom stereocenters. The van der Waals surface area contributed by atoms with Gasteiger partial charge in [0.25, 0.3) is 0 Å². The maximum absolute atomic E-state index is 4.50. The summed E-state index contributed by atoms with van der Waals surface area (Å²) in [5.41, 5.74) is 6.65. The topological polar surface area (TPSA) is 51.3 Å². The van der Waals surface area contributed by atoms with E-state index in [1.54, 1.807) is 0 Å². The highest BCUT2D eigenvalue weighted by Gasteiger charge is 1.93. The largest absolute Gasteiger partial charge is 0.333 e. The van der Waals surface area contributed by atoms with Gasteiger partial charge in [-0.25, -0.2) is 0 Å². The van der Waals surface area contributed by atoms with E-state index in [1.807, 2.05) is 49.7 Å². The van der Waals surface area contributed by atoms with Crippen molar-refractivity contribution in [2.75, 3.05) is 13.6 Å². The van der Waals surface area contributed by atoms with E-state index in [1.165, 1.54) is 12.4 Å². The summed E-state index contributed by atoms with van der Waals surface area (Å²) in [6.45, 7) is 2.65. The van der Waals surface area contributed by atoms with Crippen molar-refractivity contribution in [3.05, 3.63) is 48.2 Å². The number of aliphatic imine (C=N–C) groups is 1. The SMILES string of the molecule is CC=NC/C=C\c1cnc2ccccc2c1.CN. The van der Waals surface area contributed by atoms with Crippen LogP contribution in [0.15, 0.2) is 47.6 Å². The third kappa shape index (κ3) is 4.11. The molecule has 0 saturated heterocycles. The van der Waals surface area contributed by atoms with Crippen molar-refractivity contribution in [3.63, 3.8) is 0 Å². The molecule has 0 amide bonds. The Labute approximate surface area is 108 Å². The number of pyridine rings is 1. The van der Waals surface area contributed by atoms with Gasteiger partial charge in [-0.1, -0.05) is 30.4 Å². The first-order valence-electron chi connectivity index (χ1n) is 5.93. The average Bonchev–Trinajstić information content (AvgIpc) is 2.46. The summed E-state index contributed by atoms with van der Waals surface area (Å²) in [7, 11) is 1.50. The first-order valence-corrected chi connectivity index (χ1v) is 5.93. The van der Waals surface area contributed by atoms with Gasteiger partial charge in [0.05, 0.1) is 12.1 Å². The molecular formula is C15H19N3. The average molecular weight is 241 g/mol. The van der Waals surface area contributed by atoms with Crippen LogP contribution in [0.5, 0.6) is 0 Å². The Morgan fingerprint density at radius 2 is 2.06 bits per heavy atom. The number of para-hydroxylation sites is 1. The monoisotopic (exact) mass is 241 g/mol. The first kappa shape index (κ1) is 14.1. The van der Waals surface area contributed by atoms with Crippen molar-refractivity contribution >= 4 is 23.2 Å². The van der Waals surface area contributed by atoms with E-state index in [0.717, 1.165) is 17.6 Å². The molecule has 0 aliphatic rings. The van der Waals surface area contributed by atoms with Gasteiger partial charge in [-0.3, -0.25) is 9.98 Å². The molecule has 3 nitrogen and oxygen atoms in total. The first-order chi connectivity index (χ1) is 8.90. The maximum atomic E-state index is 4.50. The lowest BCUT2D eigenvalue weighted by molar-refractivity contribution is 1.26. The molecule has 2 N–H and O–H groups in total. The third-order valence-electron chi connectivity index (χ3n) is 2.32. The van der Waals surface area contributed by atoms with E-state index < -0.39 is 0 Å². The molecule has 0 aliphatic heterocycles. The van der Waals surface area contributed by atoms with Crippen LogP contribution in [0, 0.1) is 0 Å². The van der Waals surface area contributed by atoms with Crippen LogP contribution in [0.1, 0.15) is 12.5 Å². The molecule has 18 heavy (non-hydrogen) atoms. The van der Waals surface area contributed by atoms with Gasteiger partial charge in [0.1, 0.15) is 0 Å². The summed E-state index contributed by atoms with van der Waals surface area (Å²) >= 11 is 0. The second kappa shape index (κ2) is 8.14. The van der Waals surface area contributed by atoms with Crippen LogP contribution in [0.25, 0.3) is 17.0 Å². The van der Waals surface area contributed by atoms with Crippen LogP contribution in [-0.2, 0) is 0 Å². The van der Waals surface area contributed by atoms with Crippen molar-refractivity contribution in [3.8, 4) is 0 Å². The number of hydrogen-bond donors (Lipinski definition) is 1. The van der Waals surface area contributed by atoms with Crippen molar-refractivity contribution in [2.45, 2.75) is 6.92 Å². The predicted octanol–water partition coefficient (Wildman–Crippen LogP) is 2.91. The number of benzene rings is 1. The zero-order valence-electron chi connectivity index (χ0n) is 10.9. The van der Waals surface area contributed by atoms with Crippen molar-refractivity contribution in [1.82, 2.24) is 4.98 Å². The second-order valence-electron chi connectivity index (χ2n) is 3.49. The number of rotatable bonds is 3. The fourth-order valence-corrected chi connectivity index (χ4v) is 1.53. The highest BCUT2D eigenvalue weighted by atomic mass is 14.7. The summed E-state index contributed by atoms with van der Waals surface area (Å²) in [6.07, 6.45) is 7.77. The maximum Gasteiger partial charge on any atom is 0.0702 e. The standard InChI is InChI=1S/C14H14N2.CH5N/c1-2-15-9-5-6-12-10-13-7-3-4-8-14(13)16-11-12;1-2/h2-8,10-11H,9H2,1H3;2H2,1H3/b6-5-,15-2?;. The van der Waals surface area contributed by atoms with E-state index in [9.17, 15) is 0 Å². The smallest absolute Gasteiger partial charge is 0.0702 e. The van der Waals surface area contributed by atoms with Gasteiger partial charge in [-0.15, -0.1) is 0 Å². The lowest BCUT2D eigenvalue weighted by Gasteiger charge is -1.97. The van der Waals surface area contributed by atoms with Crippen LogP contribution >= 0.6 is 0 Å². The van der Waals surface area contributed by atoms with Crippen LogP contribution in [0.4, 0.5) is 0 Å².